The maximum atomic E-state index is 9.14. The molecule has 0 saturated heterocycles. The molecular formula is C10H14O2S2. The molecule has 0 aromatic heterocycles. The van der Waals surface area contributed by atoms with Crippen molar-refractivity contribution in [2.75, 3.05) is 0 Å². The highest BCUT2D eigenvalue weighted by Gasteiger charge is 2.05. The SMILES string of the molecule is CC(C)Oc1ccc(SS)cc1CO. The average Bonchev–Trinajstić information content (AvgIpc) is 2.17. The van der Waals surface area contributed by atoms with Crippen molar-refractivity contribution in [3.05, 3.63) is 23.8 Å². The molecule has 1 aromatic rings. The molecule has 0 heterocycles. The molecule has 2 nitrogen and oxygen atoms in total. The lowest BCUT2D eigenvalue weighted by Gasteiger charge is -2.13. The van der Waals surface area contributed by atoms with Gasteiger partial charge in [0.2, 0.25) is 0 Å². The molecule has 4 heteroatoms. The molecule has 0 unspecified atom stereocenters. The van der Waals surface area contributed by atoms with Crippen LogP contribution in [-0.4, -0.2) is 11.2 Å². The lowest BCUT2D eigenvalue weighted by atomic mass is 10.2. The Hall–Kier alpha value is -0.320. The van der Waals surface area contributed by atoms with Crippen molar-refractivity contribution in [2.45, 2.75) is 31.5 Å². The van der Waals surface area contributed by atoms with E-state index in [9.17, 15) is 0 Å². The fraction of sp³-hybridized carbons (Fsp3) is 0.400. The van der Waals surface area contributed by atoms with Crippen molar-refractivity contribution in [3.8, 4) is 5.75 Å². The third kappa shape index (κ3) is 3.12. The maximum absolute atomic E-state index is 9.14. The Labute approximate surface area is 93.5 Å². The van der Waals surface area contributed by atoms with E-state index in [1.807, 2.05) is 32.0 Å². The smallest absolute Gasteiger partial charge is 0.125 e. The molecule has 14 heavy (non-hydrogen) atoms. The summed E-state index contributed by atoms with van der Waals surface area (Å²) < 4.78 is 5.54. The number of aliphatic hydroxyl groups is 1. The first-order valence-electron chi connectivity index (χ1n) is 4.39. The Morgan fingerprint density at radius 1 is 1.50 bits per heavy atom. The lowest BCUT2D eigenvalue weighted by molar-refractivity contribution is 0.225. The van der Waals surface area contributed by atoms with Crippen molar-refractivity contribution in [3.63, 3.8) is 0 Å². The number of ether oxygens (including phenoxy) is 1. The van der Waals surface area contributed by atoms with Gasteiger partial charge in [0.1, 0.15) is 5.75 Å². The molecule has 1 N–H and O–H groups in total. The highest BCUT2D eigenvalue weighted by molar-refractivity contribution is 8.68. The Morgan fingerprint density at radius 2 is 2.21 bits per heavy atom. The number of hydrogen-bond donors (Lipinski definition) is 2. The van der Waals surface area contributed by atoms with Crippen LogP contribution in [0.3, 0.4) is 0 Å². The fourth-order valence-electron chi connectivity index (χ4n) is 1.11. The summed E-state index contributed by atoms with van der Waals surface area (Å²) in [5, 5.41) is 9.14. The number of aliphatic hydroxyl groups excluding tert-OH is 1. The summed E-state index contributed by atoms with van der Waals surface area (Å²) in [5.41, 5.74) is 0.803. The van der Waals surface area contributed by atoms with Gasteiger partial charge in [0, 0.05) is 10.5 Å². The van der Waals surface area contributed by atoms with Gasteiger partial charge in [0.05, 0.1) is 12.7 Å². The summed E-state index contributed by atoms with van der Waals surface area (Å²) in [4.78, 5) is 1.01. The molecule has 1 aromatic carbocycles. The van der Waals surface area contributed by atoms with E-state index in [4.69, 9.17) is 9.84 Å². The zero-order chi connectivity index (χ0) is 10.6. The van der Waals surface area contributed by atoms with Crippen LogP contribution in [-0.2, 0) is 6.61 Å². The Kier molecular flexibility index (Phi) is 4.65. The summed E-state index contributed by atoms with van der Waals surface area (Å²) in [6.07, 6.45) is 0.120. The van der Waals surface area contributed by atoms with E-state index in [0.29, 0.717) is 0 Å². The van der Waals surface area contributed by atoms with Crippen LogP contribution in [0.25, 0.3) is 0 Å². The maximum Gasteiger partial charge on any atom is 0.125 e. The topological polar surface area (TPSA) is 29.5 Å². The van der Waals surface area contributed by atoms with E-state index in [-0.39, 0.29) is 12.7 Å². The minimum absolute atomic E-state index is 0.00969. The second kappa shape index (κ2) is 5.53. The van der Waals surface area contributed by atoms with Gasteiger partial charge in [-0.25, -0.2) is 0 Å². The van der Waals surface area contributed by atoms with E-state index in [0.717, 1.165) is 16.2 Å². The van der Waals surface area contributed by atoms with E-state index in [1.165, 1.54) is 10.8 Å². The Bertz CT molecular complexity index is 300. The van der Waals surface area contributed by atoms with Crippen molar-refractivity contribution >= 4 is 22.5 Å². The zero-order valence-electron chi connectivity index (χ0n) is 8.23. The van der Waals surface area contributed by atoms with Crippen LogP contribution in [0.1, 0.15) is 19.4 Å². The molecule has 78 valence electrons. The average molecular weight is 230 g/mol. The monoisotopic (exact) mass is 230 g/mol. The van der Waals surface area contributed by atoms with Crippen LogP contribution in [0.5, 0.6) is 5.75 Å². The van der Waals surface area contributed by atoms with Crippen molar-refractivity contribution in [1.29, 1.82) is 0 Å². The second-order valence-corrected chi connectivity index (χ2v) is 4.39. The highest BCUT2D eigenvalue weighted by Crippen LogP contribution is 2.28. The Balaban J connectivity index is 2.93. The van der Waals surface area contributed by atoms with E-state index >= 15 is 0 Å². The zero-order valence-corrected chi connectivity index (χ0v) is 9.94. The van der Waals surface area contributed by atoms with Crippen molar-refractivity contribution in [1.82, 2.24) is 0 Å². The van der Waals surface area contributed by atoms with Crippen LogP contribution in [0, 0.1) is 0 Å². The minimum atomic E-state index is -0.00969. The van der Waals surface area contributed by atoms with Crippen molar-refractivity contribution in [2.24, 2.45) is 0 Å². The van der Waals surface area contributed by atoms with Crippen LogP contribution in [0.4, 0.5) is 0 Å². The van der Waals surface area contributed by atoms with Gasteiger partial charge < -0.3 is 9.84 Å². The number of benzene rings is 1. The molecule has 0 aliphatic heterocycles. The van der Waals surface area contributed by atoms with Crippen LogP contribution >= 0.6 is 22.5 Å². The van der Waals surface area contributed by atoms with Gasteiger partial charge in [-0.2, -0.15) is 0 Å². The molecule has 0 fully saturated rings. The fourth-order valence-corrected chi connectivity index (χ4v) is 1.77. The first kappa shape index (κ1) is 11.8. The van der Waals surface area contributed by atoms with Crippen LogP contribution in [0.2, 0.25) is 0 Å². The van der Waals surface area contributed by atoms with Gasteiger partial charge >= 0.3 is 0 Å². The van der Waals surface area contributed by atoms with Crippen molar-refractivity contribution < 1.29 is 9.84 Å². The van der Waals surface area contributed by atoms with Crippen LogP contribution in [0.15, 0.2) is 23.1 Å². The normalized spacial score (nSPS) is 10.6. The molecule has 1 rings (SSSR count). The summed E-state index contributed by atoms with van der Waals surface area (Å²) in [6, 6.07) is 5.67. The van der Waals surface area contributed by atoms with Gasteiger partial charge in [-0.05, 0) is 32.0 Å². The lowest BCUT2D eigenvalue weighted by Crippen LogP contribution is -2.07. The minimum Gasteiger partial charge on any atom is -0.491 e. The highest BCUT2D eigenvalue weighted by atomic mass is 33.1. The molecule has 0 amide bonds. The van der Waals surface area contributed by atoms with Gasteiger partial charge in [0.25, 0.3) is 0 Å². The number of hydrogen-bond acceptors (Lipinski definition) is 4. The molecule has 0 saturated carbocycles. The first-order chi connectivity index (χ1) is 6.67. The summed E-state index contributed by atoms with van der Waals surface area (Å²) in [6.45, 7) is 3.91. The summed E-state index contributed by atoms with van der Waals surface area (Å²) in [5.74, 6) is 0.744. The molecule has 0 aliphatic rings. The summed E-state index contributed by atoms with van der Waals surface area (Å²) in [7, 11) is 1.35. The third-order valence-corrected chi connectivity index (χ3v) is 2.77. The van der Waals surface area contributed by atoms with Gasteiger partial charge in [-0.3, -0.25) is 0 Å². The standard InChI is InChI=1S/C10H14O2S2/c1-7(2)12-10-4-3-9(14-13)5-8(10)6-11/h3-5,7,11,13H,6H2,1-2H3. The third-order valence-electron chi connectivity index (χ3n) is 1.67. The molecule has 0 spiro atoms. The predicted molar refractivity (Wildman–Crippen MR) is 63.0 cm³/mol. The van der Waals surface area contributed by atoms with E-state index in [2.05, 4.69) is 11.7 Å². The van der Waals surface area contributed by atoms with Gasteiger partial charge in [-0.1, -0.05) is 10.8 Å². The first-order valence-corrected chi connectivity index (χ1v) is 6.26. The van der Waals surface area contributed by atoms with E-state index < -0.39 is 0 Å². The van der Waals surface area contributed by atoms with E-state index in [1.54, 1.807) is 0 Å². The van der Waals surface area contributed by atoms with Gasteiger partial charge in [0.15, 0.2) is 0 Å². The Morgan fingerprint density at radius 3 is 2.71 bits per heavy atom. The molecule has 0 bridgehead atoms. The molecule has 0 atom stereocenters. The largest absolute Gasteiger partial charge is 0.491 e. The summed E-state index contributed by atoms with van der Waals surface area (Å²) >= 11 is 4.09. The number of thiol groups is 1. The predicted octanol–water partition coefficient (Wildman–Crippen LogP) is 2.90. The second-order valence-electron chi connectivity index (χ2n) is 3.19. The quantitative estimate of drug-likeness (QED) is 0.615. The number of rotatable bonds is 4. The van der Waals surface area contributed by atoms with Crippen LogP contribution < -0.4 is 4.74 Å². The molecule has 0 radical (unpaired) electrons. The van der Waals surface area contributed by atoms with Gasteiger partial charge in [-0.15, -0.1) is 11.7 Å². The molecular weight excluding hydrogens is 216 g/mol. The molecule has 0 aliphatic carbocycles.